The Labute approximate surface area is 88.5 Å². The number of nitrogens with zero attached hydrogens (tertiary/aromatic N) is 1. The Balaban J connectivity index is 2.78. The Hall–Kier alpha value is -1.14. The van der Waals surface area contributed by atoms with E-state index in [2.05, 4.69) is 20.8 Å². The molecule has 5 nitrogen and oxygen atoms in total. The van der Waals surface area contributed by atoms with Gasteiger partial charge in [0.25, 0.3) is 5.09 Å². The highest BCUT2D eigenvalue weighted by Gasteiger charge is 2.14. The van der Waals surface area contributed by atoms with Crippen LogP contribution in [0, 0.1) is 10.1 Å². The molecule has 1 aromatic carbocycles. The van der Waals surface area contributed by atoms with Crippen molar-refractivity contribution < 1.29 is 15.0 Å². The zero-order chi connectivity index (χ0) is 10.6. The van der Waals surface area contributed by atoms with Crippen molar-refractivity contribution in [2.75, 3.05) is 6.61 Å². The first-order valence-corrected chi connectivity index (χ1v) is 4.60. The van der Waals surface area contributed by atoms with Crippen molar-refractivity contribution in [3.63, 3.8) is 0 Å². The van der Waals surface area contributed by atoms with E-state index in [9.17, 15) is 10.1 Å². The minimum Gasteiger partial charge on any atom is -0.394 e. The highest BCUT2D eigenvalue weighted by Crippen LogP contribution is 2.19. The van der Waals surface area contributed by atoms with Crippen LogP contribution in [0.3, 0.4) is 0 Å². The predicted octanol–water partition coefficient (Wildman–Crippen LogP) is 1.69. The van der Waals surface area contributed by atoms with Crippen LogP contribution in [0.4, 0.5) is 0 Å². The van der Waals surface area contributed by atoms with Crippen molar-refractivity contribution in [3.05, 3.63) is 44.4 Å². The smallest absolute Gasteiger partial charge is 0.295 e. The number of rotatable bonds is 4. The largest absolute Gasteiger partial charge is 0.394 e. The fourth-order valence-electron chi connectivity index (χ4n) is 0.981. The summed E-state index contributed by atoms with van der Waals surface area (Å²) in [6.07, 6.45) is -0.918. The van der Waals surface area contributed by atoms with Crippen molar-refractivity contribution in [2.45, 2.75) is 6.10 Å². The second-order valence-electron chi connectivity index (χ2n) is 2.55. The van der Waals surface area contributed by atoms with Gasteiger partial charge in [0.1, 0.15) is 0 Å². The molecule has 1 atom stereocenters. The van der Waals surface area contributed by atoms with Crippen molar-refractivity contribution in [1.29, 1.82) is 0 Å². The summed E-state index contributed by atoms with van der Waals surface area (Å²) in [5, 5.41) is 18.0. The lowest BCUT2D eigenvalue weighted by Crippen LogP contribution is -2.13. The van der Waals surface area contributed by atoms with E-state index in [-0.39, 0.29) is 0 Å². The van der Waals surface area contributed by atoms with Crippen molar-refractivity contribution in [1.82, 2.24) is 0 Å². The number of halogens is 1. The van der Waals surface area contributed by atoms with E-state index < -0.39 is 17.8 Å². The number of aliphatic hydroxyl groups excluding tert-OH is 1. The third kappa shape index (κ3) is 2.97. The summed E-state index contributed by atoms with van der Waals surface area (Å²) in [5.41, 5.74) is 0.562. The van der Waals surface area contributed by atoms with Gasteiger partial charge >= 0.3 is 0 Å². The molecule has 0 amide bonds. The average Bonchev–Trinajstić information content (AvgIpc) is 2.15. The van der Waals surface area contributed by atoms with Gasteiger partial charge in [0.2, 0.25) is 0 Å². The first-order valence-electron chi connectivity index (χ1n) is 3.81. The fourth-order valence-corrected chi connectivity index (χ4v) is 1.25. The molecule has 0 spiro atoms. The van der Waals surface area contributed by atoms with Gasteiger partial charge in [0, 0.05) is 4.47 Å². The third-order valence-corrected chi connectivity index (χ3v) is 2.15. The van der Waals surface area contributed by atoms with Crippen molar-refractivity contribution >= 4 is 15.9 Å². The third-order valence-electron chi connectivity index (χ3n) is 1.62. The van der Waals surface area contributed by atoms with Crippen LogP contribution in [-0.4, -0.2) is 16.8 Å². The summed E-state index contributed by atoms with van der Waals surface area (Å²) in [7, 11) is 0. The molecule has 76 valence electrons. The lowest BCUT2D eigenvalue weighted by molar-refractivity contribution is -0.771. The normalized spacial score (nSPS) is 12.1. The second-order valence-corrected chi connectivity index (χ2v) is 3.47. The molecule has 0 bridgehead atoms. The van der Waals surface area contributed by atoms with E-state index >= 15 is 0 Å². The molecule has 0 aliphatic heterocycles. The van der Waals surface area contributed by atoms with Crippen LogP contribution in [0.2, 0.25) is 0 Å². The van der Waals surface area contributed by atoms with E-state index in [1.54, 1.807) is 24.3 Å². The standard InChI is InChI=1S/C8H8BrNO4/c9-7-3-1-6(2-4-7)8(5-11)14-10(12)13/h1-4,8,11H,5H2. The molecule has 1 aromatic rings. The van der Waals surface area contributed by atoms with Gasteiger partial charge in [-0.3, -0.25) is 0 Å². The number of hydrogen-bond donors (Lipinski definition) is 1. The Morgan fingerprint density at radius 2 is 2.07 bits per heavy atom. The number of aliphatic hydroxyl groups is 1. The van der Waals surface area contributed by atoms with Crippen LogP contribution in [0.25, 0.3) is 0 Å². The zero-order valence-corrected chi connectivity index (χ0v) is 8.68. The molecular weight excluding hydrogens is 254 g/mol. The maximum atomic E-state index is 10.1. The van der Waals surface area contributed by atoms with Gasteiger partial charge < -0.3 is 9.94 Å². The minimum atomic E-state index is -0.918. The molecule has 0 aliphatic rings. The van der Waals surface area contributed by atoms with Crippen LogP contribution in [0.5, 0.6) is 0 Å². The summed E-state index contributed by atoms with van der Waals surface area (Å²) < 4.78 is 0.860. The molecule has 0 aromatic heterocycles. The molecule has 6 heteroatoms. The van der Waals surface area contributed by atoms with Crippen LogP contribution < -0.4 is 0 Å². The predicted molar refractivity (Wildman–Crippen MR) is 52.0 cm³/mol. The van der Waals surface area contributed by atoms with Crippen molar-refractivity contribution in [2.24, 2.45) is 0 Å². The molecule has 1 rings (SSSR count). The number of benzene rings is 1. The van der Waals surface area contributed by atoms with Gasteiger partial charge in [-0.05, 0) is 17.7 Å². The van der Waals surface area contributed by atoms with Crippen LogP contribution in [0.15, 0.2) is 28.7 Å². The Morgan fingerprint density at radius 1 is 1.50 bits per heavy atom. The summed E-state index contributed by atoms with van der Waals surface area (Å²) in [4.78, 5) is 14.4. The highest BCUT2D eigenvalue weighted by atomic mass is 79.9. The maximum Gasteiger partial charge on any atom is 0.295 e. The fraction of sp³-hybridized carbons (Fsp3) is 0.250. The average molecular weight is 262 g/mol. The molecule has 1 unspecified atom stereocenters. The van der Waals surface area contributed by atoms with Gasteiger partial charge in [-0.2, -0.15) is 0 Å². The first kappa shape index (κ1) is 10.9. The summed E-state index contributed by atoms with van der Waals surface area (Å²) in [5.74, 6) is 0. The Kier molecular flexibility index (Phi) is 3.84. The molecule has 0 heterocycles. The highest BCUT2D eigenvalue weighted by molar-refractivity contribution is 9.10. The zero-order valence-electron chi connectivity index (χ0n) is 7.09. The van der Waals surface area contributed by atoms with Gasteiger partial charge in [-0.25, -0.2) is 0 Å². The minimum absolute atomic E-state index is 0.428. The summed E-state index contributed by atoms with van der Waals surface area (Å²) in [6, 6.07) is 6.74. The van der Waals surface area contributed by atoms with Gasteiger partial charge in [-0.1, -0.05) is 28.1 Å². The lowest BCUT2D eigenvalue weighted by atomic mass is 10.1. The maximum absolute atomic E-state index is 10.1. The van der Waals surface area contributed by atoms with Gasteiger partial charge in [0.05, 0.1) is 6.61 Å². The molecule has 1 N–H and O–H groups in total. The van der Waals surface area contributed by atoms with E-state index in [1.807, 2.05) is 0 Å². The van der Waals surface area contributed by atoms with Crippen LogP contribution >= 0.6 is 15.9 Å². The van der Waals surface area contributed by atoms with Crippen LogP contribution in [0.1, 0.15) is 11.7 Å². The van der Waals surface area contributed by atoms with E-state index in [0.717, 1.165) is 4.47 Å². The molecule has 0 radical (unpaired) electrons. The monoisotopic (exact) mass is 261 g/mol. The van der Waals surface area contributed by atoms with Gasteiger partial charge in [-0.15, -0.1) is 10.1 Å². The molecule has 14 heavy (non-hydrogen) atoms. The quantitative estimate of drug-likeness (QED) is 0.662. The SMILES string of the molecule is O=[N+]([O-])OC(CO)c1ccc(Br)cc1. The Morgan fingerprint density at radius 3 is 2.50 bits per heavy atom. The van der Waals surface area contributed by atoms with E-state index in [0.29, 0.717) is 5.56 Å². The molecule has 0 aliphatic carbocycles. The molecule has 0 saturated heterocycles. The molecule has 0 fully saturated rings. The molecule has 0 saturated carbocycles. The summed E-state index contributed by atoms with van der Waals surface area (Å²) >= 11 is 3.23. The Bertz CT molecular complexity index is 314. The van der Waals surface area contributed by atoms with Gasteiger partial charge in [0.15, 0.2) is 6.10 Å². The number of hydrogen-bond acceptors (Lipinski definition) is 4. The van der Waals surface area contributed by atoms with E-state index in [4.69, 9.17) is 5.11 Å². The molecular formula is C8H8BrNO4. The lowest BCUT2D eigenvalue weighted by Gasteiger charge is -2.11. The van der Waals surface area contributed by atoms with Crippen LogP contribution in [-0.2, 0) is 4.84 Å². The topological polar surface area (TPSA) is 72.6 Å². The second kappa shape index (κ2) is 4.92. The summed E-state index contributed by atoms with van der Waals surface area (Å²) in [6.45, 7) is -0.428. The van der Waals surface area contributed by atoms with Crippen molar-refractivity contribution in [3.8, 4) is 0 Å². The first-order chi connectivity index (χ1) is 6.63. The van der Waals surface area contributed by atoms with E-state index in [1.165, 1.54) is 0 Å².